The number of halogens is 1. The quantitative estimate of drug-likeness (QED) is 0.828. The van der Waals surface area contributed by atoms with Crippen molar-refractivity contribution in [1.29, 1.82) is 0 Å². The maximum absolute atomic E-state index is 12.8. The Morgan fingerprint density at radius 3 is 2.07 bits per heavy atom. The van der Waals surface area contributed by atoms with Crippen molar-refractivity contribution in [1.82, 2.24) is 4.90 Å². The topological polar surface area (TPSA) is 29.3 Å². The van der Waals surface area contributed by atoms with E-state index >= 15 is 0 Å². The maximum atomic E-state index is 12.8. The average molecular weight is 210 g/mol. The summed E-state index contributed by atoms with van der Waals surface area (Å²) in [5, 5.41) is 0. The molecule has 15 heavy (non-hydrogen) atoms. The summed E-state index contributed by atoms with van der Waals surface area (Å²) in [5.41, 5.74) is 6.96. The SMILES string of the molecule is CN(C)C(C)(C)C(N)c1ccc(F)cc1. The van der Waals surface area contributed by atoms with Gasteiger partial charge in [0.25, 0.3) is 0 Å². The molecule has 84 valence electrons. The van der Waals surface area contributed by atoms with Crippen molar-refractivity contribution in [2.45, 2.75) is 25.4 Å². The van der Waals surface area contributed by atoms with Crippen LogP contribution in [0.15, 0.2) is 24.3 Å². The normalized spacial score (nSPS) is 14.3. The molecule has 1 rings (SSSR count). The van der Waals surface area contributed by atoms with Crippen LogP contribution in [-0.2, 0) is 0 Å². The Kier molecular flexibility index (Phi) is 3.47. The van der Waals surface area contributed by atoms with Gasteiger partial charge in [-0.2, -0.15) is 0 Å². The van der Waals surface area contributed by atoms with Gasteiger partial charge in [-0.15, -0.1) is 0 Å². The van der Waals surface area contributed by atoms with E-state index in [1.807, 2.05) is 14.1 Å². The molecule has 0 radical (unpaired) electrons. The highest BCUT2D eigenvalue weighted by Crippen LogP contribution is 2.26. The minimum Gasteiger partial charge on any atom is -0.322 e. The van der Waals surface area contributed by atoms with E-state index in [0.717, 1.165) is 5.56 Å². The lowest BCUT2D eigenvalue weighted by Crippen LogP contribution is -2.47. The molecule has 0 heterocycles. The summed E-state index contributed by atoms with van der Waals surface area (Å²) in [6, 6.07) is 6.24. The Balaban J connectivity index is 2.94. The fourth-order valence-electron chi connectivity index (χ4n) is 1.36. The van der Waals surface area contributed by atoms with Gasteiger partial charge in [-0.25, -0.2) is 4.39 Å². The van der Waals surface area contributed by atoms with Gasteiger partial charge in [0.2, 0.25) is 0 Å². The number of nitrogens with zero attached hydrogens (tertiary/aromatic N) is 1. The first-order chi connectivity index (χ1) is 6.85. The van der Waals surface area contributed by atoms with Gasteiger partial charge in [-0.1, -0.05) is 12.1 Å². The van der Waals surface area contributed by atoms with Crippen LogP contribution in [0, 0.1) is 5.82 Å². The zero-order valence-electron chi connectivity index (χ0n) is 9.79. The average Bonchev–Trinajstić information content (AvgIpc) is 2.17. The van der Waals surface area contributed by atoms with E-state index in [1.54, 1.807) is 12.1 Å². The Hall–Kier alpha value is -0.930. The third kappa shape index (κ3) is 2.55. The van der Waals surface area contributed by atoms with Crippen molar-refractivity contribution >= 4 is 0 Å². The molecule has 0 bridgehead atoms. The van der Waals surface area contributed by atoms with Crippen molar-refractivity contribution in [3.05, 3.63) is 35.6 Å². The summed E-state index contributed by atoms with van der Waals surface area (Å²) in [6.07, 6.45) is 0. The van der Waals surface area contributed by atoms with Crippen LogP contribution in [0.25, 0.3) is 0 Å². The van der Waals surface area contributed by atoms with Gasteiger partial charge in [0, 0.05) is 11.6 Å². The van der Waals surface area contributed by atoms with Crippen molar-refractivity contribution < 1.29 is 4.39 Å². The first-order valence-electron chi connectivity index (χ1n) is 5.04. The monoisotopic (exact) mass is 210 g/mol. The Morgan fingerprint density at radius 1 is 1.20 bits per heavy atom. The highest BCUT2D eigenvalue weighted by Gasteiger charge is 2.29. The standard InChI is InChI=1S/C12H19FN2/c1-12(2,15(3)4)11(14)9-5-7-10(13)8-6-9/h5-8,11H,14H2,1-4H3. The van der Waals surface area contributed by atoms with Crippen molar-refractivity contribution in [3.63, 3.8) is 0 Å². The van der Waals surface area contributed by atoms with E-state index in [1.165, 1.54) is 12.1 Å². The summed E-state index contributed by atoms with van der Waals surface area (Å²) in [4.78, 5) is 2.07. The number of likely N-dealkylation sites (N-methyl/N-ethyl adjacent to an activating group) is 1. The molecule has 1 unspecified atom stereocenters. The fraction of sp³-hybridized carbons (Fsp3) is 0.500. The van der Waals surface area contributed by atoms with Crippen LogP contribution in [0.3, 0.4) is 0 Å². The van der Waals surface area contributed by atoms with Gasteiger partial charge in [-0.3, -0.25) is 0 Å². The molecule has 0 aliphatic heterocycles. The summed E-state index contributed by atoms with van der Waals surface area (Å²) >= 11 is 0. The molecule has 2 nitrogen and oxygen atoms in total. The van der Waals surface area contributed by atoms with Crippen LogP contribution in [0.2, 0.25) is 0 Å². The van der Waals surface area contributed by atoms with E-state index in [2.05, 4.69) is 18.7 Å². The highest BCUT2D eigenvalue weighted by molar-refractivity contribution is 5.22. The molecule has 0 saturated heterocycles. The Labute approximate surface area is 90.9 Å². The molecular weight excluding hydrogens is 191 g/mol. The molecule has 1 aromatic carbocycles. The first-order valence-corrected chi connectivity index (χ1v) is 5.04. The van der Waals surface area contributed by atoms with Crippen LogP contribution in [0.4, 0.5) is 4.39 Å². The molecule has 1 aromatic rings. The molecule has 0 amide bonds. The lowest BCUT2D eigenvalue weighted by atomic mass is 9.88. The van der Waals surface area contributed by atoms with E-state index in [0.29, 0.717) is 0 Å². The van der Waals surface area contributed by atoms with Gasteiger partial charge in [-0.05, 0) is 45.6 Å². The summed E-state index contributed by atoms with van der Waals surface area (Å²) in [6.45, 7) is 4.14. The maximum Gasteiger partial charge on any atom is 0.123 e. The molecule has 2 N–H and O–H groups in total. The second-order valence-electron chi connectivity index (χ2n) is 4.58. The van der Waals surface area contributed by atoms with E-state index < -0.39 is 0 Å². The van der Waals surface area contributed by atoms with Crippen LogP contribution in [0.5, 0.6) is 0 Å². The van der Waals surface area contributed by atoms with Gasteiger partial charge >= 0.3 is 0 Å². The molecule has 0 spiro atoms. The van der Waals surface area contributed by atoms with Crippen LogP contribution >= 0.6 is 0 Å². The van der Waals surface area contributed by atoms with Gasteiger partial charge < -0.3 is 10.6 Å². The highest BCUT2D eigenvalue weighted by atomic mass is 19.1. The minimum absolute atomic E-state index is 0.131. The molecule has 3 heteroatoms. The van der Waals surface area contributed by atoms with Gasteiger partial charge in [0.1, 0.15) is 5.82 Å². The second kappa shape index (κ2) is 4.29. The third-order valence-electron chi connectivity index (χ3n) is 3.14. The lowest BCUT2D eigenvalue weighted by molar-refractivity contribution is 0.159. The van der Waals surface area contributed by atoms with Crippen LogP contribution < -0.4 is 5.73 Å². The minimum atomic E-state index is -0.228. The summed E-state index contributed by atoms with van der Waals surface area (Å²) in [7, 11) is 3.98. The first kappa shape index (κ1) is 12.1. The van der Waals surface area contributed by atoms with Gasteiger partial charge in [0.15, 0.2) is 0 Å². The summed E-state index contributed by atoms with van der Waals surface area (Å²) in [5.74, 6) is -0.228. The number of nitrogens with two attached hydrogens (primary N) is 1. The van der Waals surface area contributed by atoms with Gasteiger partial charge in [0.05, 0.1) is 0 Å². The number of benzene rings is 1. The van der Waals surface area contributed by atoms with Crippen LogP contribution in [0.1, 0.15) is 25.5 Å². The van der Waals surface area contributed by atoms with E-state index in [-0.39, 0.29) is 17.4 Å². The lowest BCUT2D eigenvalue weighted by Gasteiger charge is -2.38. The van der Waals surface area contributed by atoms with Crippen molar-refractivity contribution in [2.75, 3.05) is 14.1 Å². The molecule has 0 saturated carbocycles. The predicted molar refractivity (Wildman–Crippen MR) is 61.1 cm³/mol. The Morgan fingerprint density at radius 2 is 1.67 bits per heavy atom. The smallest absolute Gasteiger partial charge is 0.123 e. The third-order valence-corrected chi connectivity index (χ3v) is 3.14. The van der Waals surface area contributed by atoms with Crippen molar-refractivity contribution in [2.24, 2.45) is 5.73 Å². The molecule has 0 aromatic heterocycles. The van der Waals surface area contributed by atoms with E-state index in [4.69, 9.17) is 5.73 Å². The number of hydrogen-bond acceptors (Lipinski definition) is 2. The fourth-order valence-corrected chi connectivity index (χ4v) is 1.36. The molecule has 0 fully saturated rings. The molecular formula is C12H19FN2. The predicted octanol–water partition coefficient (Wildman–Crippen LogP) is 2.17. The summed E-state index contributed by atoms with van der Waals surface area (Å²) < 4.78 is 12.8. The largest absolute Gasteiger partial charge is 0.322 e. The molecule has 1 atom stereocenters. The van der Waals surface area contributed by atoms with Crippen LogP contribution in [-0.4, -0.2) is 24.5 Å². The molecule has 0 aliphatic carbocycles. The van der Waals surface area contributed by atoms with Crippen molar-refractivity contribution in [3.8, 4) is 0 Å². The Bertz CT molecular complexity index is 317. The zero-order valence-corrected chi connectivity index (χ0v) is 9.79. The zero-order chi connectivity index (χ0) is 11.6. The number of rotatable bonds is 3. The number of hydrogen-bond donors (Lipinski definition) is 1. The van der Waals surface area contributed by atoms with E-state index in [9.17, 15) is 4.39 Å². The second-order valence-corrected chi connectivity index (χ2v) is 4.58. The molecule has 0 aliphatic rings.